The fourth-order valence-corrected chi connectivity index (χ4v) is 5.39. The van der Waals surface area contributed by atoms with Gasteiger partial charge in [0.1, 0.15) is 11.8 Å². The van der Waals surface area contributed by atoms with Gasteiger partial charge in [-0.25, -0.2) is 4.79 Å². The summed E-state index contributed by atoms with van der Waals surface area (Å²) in [6.07, 6.45) is 2.01. The number of nitrogens with zero attached hydrogens (tertiary/aromatic N) is 1. The highest BCUT2D eigenvalue weighted by Gasteiger charge is 2.50. The molecule has 29 heavy (non-hydrogen) atoms. The number of carbonyl (C=O) groups is 2. The number of carboxylic acid groups (broad SMARTS) is 2. The number of aliphatic carboxylic acids is 2. The van der Waals surface area contributed by atoms with Crippen molar-refractivity contribution in [2.75, 3.05) is 6.54 Å². The van der Waals surface area contributed by atoms with Crippen molar-refractivity contribution in [3.05, 3.63) is 41.3 Å². The number of benzene rings is 1. The first-order valence-electron chi connectivity index (χ1n) is 9.76. The zero-order chi connectivity index (χ0) is 20.4. The number of aromatic hydroxyl groups is 1. The molecule has 1 saturated heterocycles. The summed E-state index contributed by atoms with van der Waals surface area (Å²) in [5.41, 5.74) is 2.91. The highest BCUT2D eigenvalue weighted by molar-refractivity contribution is 5.89. The normalized spacial score (nSPS) is 31.2. The van der Waals surface area contributed by atoms with E-state index in [9.17, 15) is 24.9 Å². The molecule has 4 N–H and O–H groups in total. The van der Waals surface area contributed by atoms with Crippen molar-refractivity contribution in [3.63, 3.8) is 0 Å². The van der Waals surface area contributed by atoms with Gasteiger partial charge in [-0.05, 0) is 37.1 Å². The Morgan fingerprint density at radius 3 is 2.79 bits per heavy atom. The van der Waals surface area contributed by atoms with Crippen molar-refractivity contribution in [1.82, 2.24) is 9.88 Å². The number of H-pyrrole nitrogens is 1. The average Bonchev–Trinajstić information content (AvgIpc) is 3.04. The third-order valence-electron chi connectivity index (χ3n) is 6.81. The molecule has 3 aliphatic rings. The molecule has 5 rings (SSSR count). The third kappa shape index (κ3) is 2.62. The van der Waals surface area contributed by atoms with Gasteiger partial charge < -0.3 is 25.0 Å². The van der Waals surface area contributed by atoms with Crippen LogP contribution in [0.2, 0.25) is 0 Å². The summed E-state index contributed by atoms with van der Waals surface area (Å²) in [6, 6.07) is 4.10. The lowest BCUT2D eigenvalue weighted by molar-refractivity contribution is -0.149. The lowest BCUT2D eigenvalue weighted by Crippen LogP contribution is -2.57. The zero-order valence-electron chi connectivity index (χ0n) is 15.8. The van der Waals surface area contributed by atoms with E-state index in [1.165, 1.54) is 6.26 Å². The Kier molecular flexibility index (Phi) is 3.89. The fourth-order valence-electron chi connectivity index (χ4n) is 5.39. The van der Waals surface area contributed by atoms with E-state index in [2.05, 4.69) is 4.98 Å². The molecule has 2 aromatic rings. The molecule has 5 atom stereocenters. The number of aromatic nitrogens is 1. The van der Waals surface area contributed by atoms with Crippen LogP contribution in [0.5, 0.6) is 5.75 Å². The molecule has 4 heterocycles. The van der Waals surface area contributed by atoms with Crippen LogP contribution in [-0.2, 0) is 20.7 Å². The van der Waals surface area contributed by atoms with Crippen molar-refractivity contribution in [3.8, 4) is 5.75 Å². The second-order valence-corrected chi connectivity index (χ2v) is 8.24. The molecule has 0 saturated carbocycles. The summed E-state index contributed by atoms with van der Waals surface area (Å²) in [7, 11) is 0. The second kappa shape index (κ2) is 6.25. The van der Waals surface area contributed by atoms with Crippen LogP contribution in [-0.4, -0.2) is 55.8 Å². The number of phenolic OH excluding ortho intramolecular Hbond substituents is 1. The average molecular weight is 398 g/mol. The first-order valence-corrected chi connectivity index (χ1v) is 9.76. The SMILES string of the molecule is CC1OC=C(C(=O)O)C2CC3c4[nH]c5ccc(O)cc5c4CC(C(=O)O)N3CC12. The topological polar surface area (TPSA) is 123 Å². The Morgan fingerprint density at radius 2 is 2.07 bits per heavy atom. The molecule has 8 heteroatoms. The zero-order valence-corrected chi connectivity index (χ0v) is 15.8. The molecule has 0 amide bonds. The molecule has 1 aromatic heterocycles. The van der Waals surface area contributed by atoms with Gasteiger partial charge in [-0.2, -0.15) is 0 Å². The predicted octanol–water partition coefficient (Wildman–Crippen LogP) is 2.25. The Balaban J connectivity index is 1.64. The standard InChI is InChI=1S/C21H22N2O6/c1-9-14-7-23-17(5-11(14)15(8-29-9)20(25)26)19-13(6-18(23)21(27)28)12-4-10(24)2-3-16(12)22-19/h2-4,8-9,11,14,17-18,22,24H,5-7H2,1H3,(H,25,26)(H,27,28). The van der Waals surface area contributed by atoms with Crippen molar-refractivity contribution >= 4 is 22.8 Å². The van der Waals surface area contributed by atoms with Crippen LogP contribution in [0.15, 0.2) is 30.0 Å². The minimum absolute atomic E-state index is 0.0841. The number of ether oxygens (including phenoxy) is 1. The number of carboxylic acids is 2. The molecule has 0 aliphatic carbocycles. The minimum atomic E-state index is -0.993. The summed E-state index contributed by atoms with van der Waals surface area (Å²) in [5, 5.41) is 30.3. The summed E-state index contributed by atoms with van der Waals surface area (Å²) in [4.78, 5) is 29.3. The van der Waals surface area contributed by atoms with E-state index in [1.807, 2.05) is 11.8 Å². The quantitative estimate of drug-likeness (QED) is 0.612. The molecule has 5 unspecified atom stereocenters. The minimum Gasteiger partial charge on any atom is -0.508 e. The maximum absolute atomic E-state index is 12.1. The van der Waals surface area contributed by atoms with Crippen molar-refractivity contribution < 1.29 is 29.6 Å². The van der Waals surface area contributed by atoms with Gasteiger partial charge in [0.15, 0.2) is 0 Å². The van der Waals surface area contributed by atoms with E-state index in [1.54, 1.807) is 18.2 Å². The van der Waals surface area contributed by atoms with Crippen LogP contribution in [0.25, 0.3) is 10.9 Å². The third-order valence-corrected chi connectivity index (χ3v) is 6.81. The van der Waals surface area contributed by atoms with Crippen molar-refractivity contribution in [1.29, 1.82) is 0 Å². The summed E-state index contributed by atoms with van der Waals surface area (Å²) in [5.74, 6) is -2.05. The molecular formula is C21H22N2O6. The van der Waals surface area contributed by atoms with Crippen LogP contribution < -0.4 is 0 Å². The molecule has 0 bridgehead atoms. The molecule has 0 spiro atoms. The van der Waals surface area contributed by atoms with Gasteiger partial charge in [0, 0.05) is 41.4 Å². The van der Waals surface area contributed by atoms with E-state index >= 15 is 0 Å². The number of hydrogen-bond acceptors (Lipinski definition) is 5. The Morgan fingerprint density at radius 1 is 1.28 bits per heavy atom. The number of nitrogens with one attached hydrogen (secondary N) is 1. The first kappa shape index (κ1) is 18.1. The molecule has 1 aromatic carbocycles. The molecule has 1 fully saturated rings. The lowest BCUT2D eigenvalue weighted by atomic mass is 9.71. The van der Waals surface area contributed by atoms with Crippen LogP contribution in [0.3, 0.4) is 0 Å². The fraction of sp³-hybridized carbons (Fsp3) is 0.429. The van der Waals surface area contributed by atoms with Crippen LogP contribution >= 0.6 is 0 Å². The molecular weight excluding hydrogens is 376 g/mol. The highest BCUT2D eigenvalue weighted by Crippen LogP contribution is 2.49. The summed E-state index contributed by atoms with van der Waals surface area (Å²) in [6.45, 7) is 2.36. The van der Waals surface area contributed by atoms with E-state index in [0.29, 0.717) is 19.4 Å². The van der Waals surface area contributed by atoms with Gasteiger partial charge >= 0.3 is 11.9 Å². The second-order valence-electron chi connectivity index (χ2n) is 8.24. The Hall–Kier alpha value is -3.00. The highest BCUT2D eigenvalue weighted by atomic mass is 16.5. The van der Waals surface area contributed by atoms with E-state index in [-0.39, 0.29) is 35.3 Å². The van der Waals surface area contributed by atoms with Crippen LogP contribution in [0.1, 0.15) is 30.6 Å². The number of fused-ring (bicyclic) bond motifs is 6. The van der Waals surface area contributed by atoms with E-state index in [4.69, 9.17) is 4.74 Å². The van der Waals surface area contributed by atoms with Gasteiger partial charge in [-0.3, -0.25) is 9.69 Å². The van der Waals surface area contributed by atoms with Gasteiger partial charge in [0.25, 0.3) is 0 Å². The number of aromatic amines is 1. The molecule has 0 radical (unpaired) electrons. The Bertz CT molecular complexity index is 1060. The largest absolute Gasteiger partial charge is 0.508 e. The molecule has 3 aliphatic heterocycles. The van der Waals surface area contributed by atoms with Gasteiger partial charge in [0.2, 0.25) is 0 Å². The predicted molar refractivity (Wildman–Crippen MR) is 102 cm³/mol. The smallest absolute Gasteiger partial charge is 0.334 e. The number of hydrogen-bond donors (Lipinski definition) is 4. The van der Waals surface area contributed by atoms with Crippen molar-refractivity contribution in [2.45, 2.75) is 38.0 Å². The monoisotopic (exact) mass is 398 g/mol. The number of rotatable bonds is 2. The van der Waals surface area contributed by atoms with Gasteiger partial charge in [-0.15, -0.1) is 0 Å². The number of piperidine rings is 1. The van der Waals surface area contributed by atoms with Gasteiger partial charge in [-0.1, -0.05) is 0 Å². The Labute approximate surface area is 166 Å². The van der Waals surface area contributed by atoms with E-state index < -0.39 is 18.0 Å². The lowest BCUT2D eigenvalue weighted by Gasteiger charge is -2.51. The van der Waals surface area contributed by atoms with E-state index in [0.717, 1.165) is 22.2 Å². The maximum Gasteiger partial charge on any atom is 0.334 e. The van der Waals surface area contributed by atoms with Crippen molar-refractivity contribution in [2.24, 2.45) is 11.8 Å². The molecule has 8 nitrogen and oxygen atoms in total. The molecule has 152 valence electrons. The van der Waals surface area contributed by atoms with Crippen LogP contribution in [0.4, 0.5) is 0 Å². The summed E-state index contributed by atoms with van der Waals surface area (Å²) < 4.78 is 5.57. The summed E-state index contributed by atoms with van der Waals surface area (Å²) >= 11 is 0. The number of phenols is 1. The van der Waals surface area contributed by atoms with Gasteiger partial charge in [0.05, 0.1) is 24.0 Å². The maximum atomic E-state index is 12.1. The van der Waals surface area contributed by atoms with Crippen LogP contribution in [0, 0.1) is 11.8 Å². The first-order chi connectivity index (χ1) is 13.8.